The van der Waals surface area contributed by atoms with Crippen molar-refractivity contribution in [3.8, 4) is 11.8 Å². The molecule has 0 spiro atoms. The number of benzene rings is 2. The highest BCUT2D eigenvalue weighted by atomic mass is 35.5. The van der Waals surface area contributed by atoms with Gasteiger partial charge in [-0.3, -0.25) is 0 Å². The van der Waals surface area contributed by atoms with Gasteiger partial charge in [-0.15, -0.1) is 11.6 Å². The van der Waals surface area contributed by atoms with Gasteiger partial charge in [-0.1, -0.05) is 42.5 Å². The second kappa shape index (κ2) is 5.77. The molecule has 0 amide bonds. The summed E-state index contributed by atoms with van der Waals surface area (Å²) < 4.78 is 5.22. The maximum absolute atomic E-state index is 9.67. The molecule has 0 fully saturated rings. The molecule has 0 aliphatic rings. The number of hydrogen-bond acceptors (Lipinski definition) is 2. The zero-order valence-corrected chi connectivity index (χ0v) is 11.4. The third-order valence-corrected chi connectivity index (χ3v) is 3.62. The van der Waals surface area contributed by atoms with Crippen LogP contribution in [-0.4, -0.2) is 13.0 Å². The topological polar surface area (TPSA) is 33.0 Å². The van der Waals surface area contributed by atoms with Crippen LogP contribution in [0.15, 0.2) is 54.6 Å². The summed E-state index contributed by atoms with van der Waals surface area (Å²) in [6.45, 7) is 0. The number of nitrogens with zero attached hydrogens (tertiary/aromatic N) is 1. The van der Waals surface area contributed by atoms with Gasteiger partial charge < -0.3 is 4.74 Å². The zero-order chi connectivity index (χ0) is 13.7. The molecule has 1 atom stereocenters. The molecule has 0 unspecified atom stereocenters. The standard InChI is InChI=1S/C16H14ClNO/c1-19-15-9-5-8-14(10-15)16(11-17,12-18)13-6-3-2-4-7-13/h2-10H,11H2,1H3/t16-/m0/s1. The van der Waals surface area contributed by atoms with E-state index in [0.717, 1.165) is 16.9 Å². The molecule has 0 aliphatic heterocycles. The molecule has 0 radical (unpaired) electrons. The number of halogens is 1. The van der Waals surface area contributed by atoms with E-state index in [4.69, 9.17) is 16.3 Å². The average Bonchev–Trinajstić information content (AvgIpc) is 2.50. The third-order valence-electron chi connectivity index (χ3n) is 3.22. The predicted octanol–water partition coefficient (Wildman–Crippen LogP) is 3.74. The summed E-state index contributed by atoms with van der Waals surface area (Å²) in [5.41, 5.74) is 0.883. The fraction of sp³-hybridized carbons (Fsp3) is 0.188. The van der Waals surface area contributed by atoms with Crippen LogP contribution in [0.25, 0.3) is 0 Å². The van der Waals surface area contributed by atoms with E-state index in [-0.39, 0.29) is 5.88 Å². The van der Waals surface area contributed by atoms with E-state index in [9.17, 15) is 5.26 Å². The van der Waals surface area contributed by atoms with Gasteiger partial charge in [0, 0.05) is 5.88 Å². The minimum absolute atomic E-state index is 0.195. The summed E-state index contributed by atoms with van der Waals surface area (Å²) >= 11 is 6.13. The number of alkyl halides is 1. The smallest absolute Gasteiger partial charge is 0.121 e. The Balaban J connectivity index is 2.60. The Hall–Kier alpha value is -1.98. The predicted molar refractivity (Wildman–Crippen MR) is 76.5 cm³/mol. The van der Waals surface area contributed by atoms with E-state index in [2.05, 4.69) is 6.07 Å². The second-order valence-electron chi connectivity index (χ2n) is 4.25. The van der Waals surface area contributed by atoms with Gasteiger partial charge in [0.15, 0.2) is 0 Å². The molecule has 2 rings (SSSR count). The van der Waals surface area contributed by atoms with Crippen LogP contribution in [0.3, 0.4) is 0 Å². The Morgan fingerprint density at radius 1 is 1.11 bits per heavy atom. The van der Waals surface area contributed by atoms with Crippen molar-refractivity contribution in [2.24, 2.45) is 0 Å². The molecular formula is C16H14ClNO. The highest BCUT2D eigenvalue weighted by molar-refractivity contribution is 6.19. The van der Waals surface area contributed by atoms with E-state index >= 15 is 0 Å². The van der Waals surface area contributed by atoms with E-state index < -0.39 is 5.41 Å². The van der Waals surface area contributed by atoms with Gasteiger partial charge in [-0.25, -0.2) is 0 Å². The van der Waals surface area contributed by atoms with Crippen molar-refractivity contribution in [1.29, 1.82) is 5.26 Å². The number of rotatable bonds is 4. The molecule has 96 valence electrons. The lowest BCUT2D eigenvalue weighted by Crippen LogP contribution is -2.27. The summed E-state index contributed by atoms with van der Waals surface area (Å²) in [5.74, 6) is 0.916. The summed E-state index contributed by atoms with van der Waals surface area (Å²) in [7, 11) is 1.61. The first-order chi connectivity index (χ1) is 9.26. The van der Waals surface area contributed by atoms with Crippen molar-refractivity contribution in [3.05, 3.63) is 65.7 Å². The summed E-state index contributed by atoms with van der Waals surface area (Å²) in [5, 5.41) is 9.67. The average molecular weight is 272 g/mol. The normalized spacial score (nSPS) is 13.3. The fourth-order valence-corrected chi connectivity index (χ4v) is 2.46. The Morgan fingerprint density at radius 2 is 1.79 bits per heavy atom. The maximum atomic E-state index is 9.67. The molecule has 0 aromatic heterocycles. The molecule has 0 aliphatic carbocycles. The molecule has 3 heteroatoms. The van der Waals surface area contributed by atoms with Crippen LogP contribution < -0.4 is 4.74 Å². The summed E-state index contributed by atoms with van der Waals surface area (Å²) in [6.07, 6.45) is 0. The van der Waals surface area contributed by atoms with Crippen LogP contribution in [0.2, 0.25) is 0 Å². The van der Waals surface area contributed by atoms with Gasteiger partial charge in [-0.05, 0) is 23.3 Å². The molecule has 0 saturated carbocycles. The van der Waals surface area contributed by atoms with Crippen molar-refractivity contribution in [2.45, 2.75) is 5.41 Å². The highest BCUT2D eigenvalue weighted by Crippen LogP contribution is 2.34. The molecule has 19 heavy (non-hydrogen) atoms. The molecule has 2 nitrogen and oxygen atoms in total. The third kappa shape index (κ3) is 2.43. The van der Waals surface area contributed by atoms with Crippen molar-refractivity contribution >= 4 is 11.6 Å². The monoisotopic (exact) mass is 271 g/mol. The zero-order valence-electron chi connectivity index (χ0n) is 10.6. The van der Waals surface area contributed by atoms with Crippen LogP contribution in [0.4, 0.5) is 0 Å². The van der Waals surface area contributed by atoms with E-state index in [1.165, 1.54) is 0 Å². The minimum Gasteiger partial charge on any atom is -0.497 e. The van der Waals surface area contributed by atoms with Crippen LogP contribution in [0.5, 0.6) is 5.75 Å². The lowest BCUT2D eigenvalue weighted by Gasteiger charge is -2.25. The summed E-state index contributed by atoms with van der Waals surface area (Å²) in [6, 6.07) is 19.4. The largest absolute Gasteiger partial charge is 0.497 e. The lowest BCUT2D eigenvalue weighted by molar-refractivity contribution is 0.413. The Kier molecular flexibility index (Phi) is 4.09. The molecule has 2 aromatic carbocycles. The number of methoxy groups -OCH3 is 1. The van der Waals surface area contributed by atoms with Crippen LogP contribution in [0.1, 0.15) is 11.1 Å². The molecule has 0 saturated heterocycles. The van der Waals surface area contributed by atoms with Crippen LogP contribution >= 0.6 is 11.6 Å². The first kappa shape index (κ1) is 13.5. The number of hydrogen-bond donors (Lipinski definition) is 0. The van der Waals surface area contributed by atoms with Crippen molar-refractivity contribution in [2.75, 3.05) is 13.0 Å². The molecular weight excluding hydrogens is 258 g/mol. The van der Waals surface area contributed by atoms with E-state index in [1.54, 1.807) is 7.11 Å². The first-order valence-corrected chi connectivity index (χ1v) is 6.47. The van der Waals surface area contributed by atoms with Crippen LogP contribution in [0, 0.1) is 11.3 Å². The van der Waals surface area contributed by atoms with E-state index in [1.807, 2.05) is 54.6 Å². The second-order valence-corrected chi connectivity index (χ2v) is 4.52. The molecule has 0 heterocycles. The first-order valence-electron chi connectivity index (χ1n) is 5.94. The molecule has 0 bridgehead atoms. The Morgan fingerprint density at radius 3 is 2.37 bits per heavy atom. The quantitative estimate of drug-likeness (QED) is 0.794. The van der Waals surface area contributed by atoms with Gasteiger partial charge in [0.25, 0.3) is 0 Å². The van der Waals surface area contributed by atoms with Crippen molar-refractivity contribution in [1.82, 2.24) is 0 Å². The highest BCUT2D eigenvalue weighted by Gasteiger charge is 2.33. The van der Waals surface area contributed by atoms with Gasteiger partial charge in [0.05, 0.1) is 13.2 Å². The van der Waals surface area contributed by atoms with Gasteiger partial charge in [0.2, 0.25) is 0 Å². The van der Waals surface area contributed by atoms with Crippen molar-refractivity contribution < 1.29 is 4.74 Å². The Bertz CT molecular complexity index is 591. The van der Waals surface area contributed by atoms with Crippen LogP contribution in [-0.2, 0) is 5.41 Å². The minimum atomic E-state index is -0.850. The van der Waals surface area contributed by atoms with E-state index in [0.29, 0.717) is 0 Å². The molecule has 0 N–H and O–H groups in total. The number of nitriles is 1. The SMILES string of the molecule is COc1cccc([C@](C#N)(CCl)c2ccccc2)c1. The number of ether oxygens (including phenoxy) is 1. The molecule has 2 aromatic rings. The lowest BCUT2D eigenvalue weighted by atomic mass is 9.77. The van der Waals surface area contributed by atoms with Crippen molar-refractivity contribution in [3.63, 3.8) is 0 Å². The fourth-order valence-electron chi connectivity index (χ4n) is 2.09. The van der Waals surface area contributed by atoms with Gasteiger partial charge in [0.1, 0.15) is 11.2 Å². The Labute approximate surface area is 118 Å². The summed E-state index contributed by atoms with van der Waals surface area (Å²) in [4.78, 5) is 0. The maximum Gasteiger partial charge on any atom is 0.121 e. The van der Waals surface area contributed by atoms with Gasteiger partial charge in [-0.2, -0.15) is 5.26 Å². The van der Waals surface area contributed by atoms with Gasteiger partial charge >= 0.3 is 0 Å².